The van der Waals surface area contributed by atoms with Gasteiger partial charge in [0.15, 0.2) is 0 Å². The lowest BCUT2D eigenvalue weighted by atomic mass is 9.98. The number of halogens is 1. The fourth-order valence-electron chi connectivity index (χ4n) is 1.83. The number of rotatable bonds is 3. The van der Waals surface area contributed by atoms with Crippen molar-refractivity contribution in [2.75, 3.05) is 5.73 Å². The standard InChI is InChI=1S/C14H12ClNO2/c15-12-7-6-10(14(17)18)11(13(12)16)8-9-4-2-1-3-5-9/h1-7H,8,16H2,(H,17,18). The maximum atomic E-state index is 11.2. The number of nitrogen functional groups attached to an aromatic ring is 1. The molecule has 2 rings (SSSR count). The van der Waals surface area contributed by atoms with Gasteiger partial charge in [0.1, 0.15) is 0 Å². The molecule has 0 bridgehead atoms. The minimum Gasteiger partial charge on any atom is -0.478 e. The molecule has 3 N–H and O–H groups in total. The van der Waals surface area contributed by atoms with Crippen LogP contribution < -0.4 is 5.73 Å². The number of hydrogen-bond acceptors (Lipinski definition) is 2. The van der Waals surface area contributed by atoms with Crippen LogP contribution in [-0.4, -0.2) is 11.1 Å². The van der Waals surface area contributed by atoms with Gasteiger partial charge in [-0.25, -0.2) is 4.79 Å². The fourth-order valence-corrected chi connectivity index (χ4v) is 2.00. The highest BCUT2D eigenvalue weighted by molar-refractivity contribution is 6.33. The second-order valence-electron chi connectivity index (χ2n) is 3.95. The van der Waals surface area contributed by atoms with Gasteiger partial charge in [-0.05, 0) is 23.3 Å². The Balaban J connectivity index is 2.48. The van der Waals surface area contributed by atoms with Crippen LogP contribution in [0.3, 0.4) is 0 Å². The van der Waals surface area contributed by atoms with Gasteiger partial charge in [-0.2, -0.15) is 0 Å². The zero-order valence-corrected chi connectivity index (χ0v) is 10.3. The highest BCUT2D eigenvalue weighted by Gasteiger charge is 2.15. The van der Waals surface area contributed by atoms with Crippen molar-refractivity contribution >= 4 is 23.3 Å². The summed E-state index contributed by atoms with van der Waals surface area (Å²) in [6.45, 7) is 0. The van der Waals surface area contributed by atoms with E-state index in [9.17, 15) is 4.79 Å². The first kappa shape index (κ1) is 12.5. The molecule has 0 aliphatic heterocycles. The van der Waals surface area contributed by atoms with Gasteiger partial charge in [0.25, 0.3) is 0 Å². The van der Waals surface area contributed by atoms with E-state index in [0.717, 1.165) is 5.56 Å². The van der Waals surface area contributed by atoms with Gasteiger partial charge in [0.2, 0.25) is 0 Å². The Morgan fingerprint density at radius 2 is 1.83 bits per heavy atom. The monoisotopic (exact) mass is 261 g/mol. The van der Waals surface area contributed by atoms with E-state index in [1.165, 1.54) is 12.1 Å². The average Bonchev–Trinajstić information content (AvgIpc) is 2.36. The Bertz CT molecular complexity index is 582. The molecule has 2 aromatic carbocycles. The molecular formula is C14H12ClNO2. The van der Waals surface area contributed by atoms with E-state index >= 15 is 0 Å². The van der Waals surface area contributed by atoms with Gasteiger partial charge in [-0.15, -0.1) is 0 Å². The molecule has 2 aromatic rings. The Labute approximate surface area is 110 Å². The van der Waals surface area contributed by atoms with Gasteiger partial charge in [-0.3, -0.25) is 0 Å². The second-order valence-corrected chi connectivity index (χ2v) is 4.36. The number of nitrogens with two attached hydrogens (primary N) is 1. The summed E-state index contributed by atoms with van der Waals surface area (Å²) in [5.41, 5.74) is 7.95. The molecule has 0 atom stereocenters. The zero-order valence-electron chi connectivity index (χ0n) is 9.56. The first-order chi connectivity index (χ1) is 8.59. The lowest BCUT2D eigenvalue weighted by Crippen LogP contribution is -2.07. The number of aromatic carboxylic acids is 1. The normalized spacial score (nSPS) is 10.3. The third-order valence-corrected chi connectivity index (χ3v) is 3.09. The minimum atomic E-state index is -0.996. The second kappa shape index (κ2) is 5.10. The van der Waals surface area contributed by atoms with Crippen LogP contribution in [0.2, 0.25) is 5.02 Å². The maximum Gasteiger partial charge on any atom is 0.336 e. The smallest absolute Gasteiger partial charge is 0.336 e. The molecule has 4 heteroatoms. The number of benzene rings is 2. The third-order valence-electron chi connectivity index (χ3n) is 2.76. The predicted octanol–water partition coefficient (Wildman–Crippen LogP) is 3.21. The van der Waals surface area contributed by atoms with Crippen molar-refractivity contribution in [1.82, 2.24) is 0 Å². The summed E-state index contributed by atoms with van der Waals surface area (Å²) >= 11 is 5.94. The predicted molar refractivity (Wildman–Crippen MR) is 72.1 cm³/mol. The molecule has 92 valence electrons. The lowest BCUT2D eigenvalue weighted by molar-refractivity contribution is 0.0696. The SMILES string of the molecule is Nc1c(Cl)ccc(C(=O)O)c1Cc1ccccc1. The molecular weight excluding hydrogens is 250 g/mol. The van der Waals surface area contributed by atoms with Crippen LogP contribution in [0.4, 0.5) is 5.69 Å². The number of carbonyl (C=O) groups is 1. The van der Waals surface area contributed by atoms with Crippen LogP contribution in [0.25, 0.3) is 0 Å². The molecule has 0 aromatic heterocycles. The molecule has 0 aliphatic rings. The molecule has 0 spiro atoms. The van der Waals surface area contributed by atoms with Crippen molar-refractivity contribution in [3.8, 4) is 0 Å². The van der Waals surface area contributed by atoms with Gasteiger partial charge >= 0.3 is 5.97 Å². The topological polar surface area (TPSA) is 63.3 Å². The maximum absolute atomic E-state index is 11.2. The van der Waals surface area contributed by atoms with E-state index in [1.54, 1.807) is 0 Å². The first-order valence-corrected chi connectivity index (χ1v) is 5.81. The first-order valence-electron chi connectivity index (χ1n) is 5.43. The number of anilines is 1. The highest BCUT2D eigenvalue weighted by atomic mass is 35.5. The molecule has 0 unspecified atom stereocenters. The summed E-state index contributed by atoms with van der Waals surface area (Å²) < 4.78 is 0. The van der Waals surface area contributed by atoms with Crippen LogP contribution in [-0.2, 0) is 6.42 Å². The Kier molecular flexibility index (Phi) is 3.53. The largest absolute Gasteiger partial charge is 0.478 e. The van der Waals surface area contributed by atoms with Crippen LogP contribution in [0.5, 0.6) is 0 Å². The summed E-state index contributed by atoms with van der Waals surface area (Å²) in [6.07, 6.45) is 0.453. The minimum absolute atomic E-state index is 0.195. The molecule has 0 heterocycles. The molecule has 0 radical (unpaired) electrons. The summed E-state index contributed by atoms with van der Waals surface area (Å²) in [5, 5.41) is 9.54. The molecule has 18 heavy (non-hydrogen) atoms. The van der Waals surface area contributed by atoms with Gasteiger partial charge in [0, 0.05) is 6.42 Å². The van der Waals surface area contributed by atoms with Crippen LogP contribution in [0.1, 0.15) is 21.5 Å². The summed E-state index contributed by atoms with van der Waals surface area (Å²) in [4.78, 5) is 11.2. The highest BCUT2D eigenvalue weighted by Crippen LogP contribution is 2.28. The fraction of sp³-hybridized carbons (Fsp3) is 0.0714. The summed E-state index contributed by atoms with van der Waals surface area (Å²) in [7, 11) is 0. The average molecular weight is 262 g/mol. The van der Waals surface area contributed by atoms with Crippen LogP contribution in [0, 0.1) is 0 Å². The van der Waals surface area contributed by atoms with E-state index in [0.29, 0.717) is 22.7 Å². The molecule has 0 aliphatic carbocycles. The van der Waals surface area contributed by atoms with Gasteiger partial charge in [-0.1, -0.05) is 41.9 Å². The number of carboxylic acids is 1. The Morgan fingerprint density at radius 1 is 1.17 bits per heavy atom. The van der Waals surface area contributed by atoms with E-state index < -0.39 is 5.97 Å². The molecule has 0 saturated carbocycles. The van der Waals surface area contributed by atoms with Gasteiger partial charge in [0.05, 0.1) is 16.3 Å². The Hall–Kier alpha value is -2.00. The molecule has 0 saturated heterocycles. The summed E-state index contributed by atoms with van der Waals surface area (Å²) in [6, 6.07) is 12.5. The lowest BCUT2D eigenvalue weighted by Gasteiger charge is -2.11. The number of carboxylic acid groups (broad SMARTS) is 1. The van der Waals surface area contributed by atoms with Crippen molar-refractivity contribution in [3.05, 3.63) is 64.2 Å². The van der Waals surface area contributed by atoms with Crippen LogP contribution >= 0.6 is 11.6 Å². The van der Waals surface area contributed by atoms with Crippen molar-refractivity contribution in [2.45, 2.75) is 6.42 Å². The summed E-state index contributed by atoms with van der Waals surface area (Å²) in [5.74, 6) is -0.996. The van der Waals surface area contributed by atoms with E-state index in [2.05, 4.69) is 0 Å². The third kappa shape index (κ3) is 2.46. The van der Waals surface area contributed by atoms with Crippen molar-refractivity contribution in [2.24, 2.45) is 0 Å². The number of hydrogen-bond donors (Lipinski definition) is 2. The quantitative estimate of drug-likeness (QED) is 0.834. The van der Waals surface area contributed by atoms with Crippen molar-refractivity contribution in [3.63, 3.8) is 0 Å². The van der Waals surface area contributed by atoms with Gasteiger partial charge < -0.3 is 10.8 Å². The molecule has 3 nitrogen and oxygen atoms in total. The van der Waals surface area contributed by atoms with Crippen molar-refractivity contribution < 1.29 is 9.90 Å². The molecule has 0 amide bonds. The van der Waals surface area contributed by atoms with E-state index in [4.69, 9.17) is 22.4 Å². The zero-order chi connectivity index (χ0) is 13.1. The van der Waals surface area contributed by atoms with E-state index in [1.807, 2.05) is 30.3 Å². The van der Waals surface area contributed by atoms with E-state index in [-0.39, 0.29) is 5.56 Å². The Morgan fingerprint density at radius 3 is 2.44 bits per heavy atom. The van der Waals surface area contributed by atoms with Crippen LogP contribution in [0.15, 0.2) is 42.5 Å². The molecule has 0 fully saturated rings. The van der Waals surface area contributed by atoms with Crippen molar-refractivity contribution in [1.29, 1.82) is 0 Å².